The second-order valence-electron chi connectivity index (χ2n) is 5.36. The predicted molar refractivity (Wildman–Crippen MR) is 94.2 cm³/mol. The Kier molecular flexibility index (Phi) is 6.55. The van der Waals surface area contributed by atoms with Crippen LogP contribution in [0.3, 0.4) is 0 Å². The first-order valence-electron chi connectivity index (χ1n) is 7.77. The van der Waals surface area contributed by atoms with E-state index in [-0.39, 0.29) is 10.5 Å². The van der Waals surface area contributed by atoms with Crippen LogP contribution in [0.5, 0.6) is 5.75 Å². The van der Waals surface area contributed by atoms with Gasteiger partial charge in [-0.2, -0.15) is 0 Å². The first kappa shape index (κ1) is 19.0. The number of carbonyl (C=O) groups excluding carboxylic acids is 1. The topological polar surface area (TPSA) is 72.9 Å². The van der Waals surface area contributed by atoms with E-state index in [0.29, 0.717) is 19.6 Å². The fourth-order valence-corrected chi connectivity index (χ4v) is 3.45. The van der Waals surface area contributed by atoms with Crippen molar-refractivity contribution in [3.8, 4) is 5.75 Å². The van der Waals surface area contributed by atoms with E-state index in [1.165, 1.54) is 42.7 Å². The number of sulfonamides is 1. The monoisotopic (exact) mass is 363 g/mol. The summed E-state index contributed by atoms with van der Waals surface area (Å²) in [5.74, 6) is 0.176. The summed E-state index contributed by atoms with van der Waals surface area (Å²) >= 11 is 0. The quantitative estimate of drug-likeness (QED) is 0.532. The lowest BCUT2D eigenvalue weighted by atomic mass is 10.2. The molecule has 0 aromatic heterocycles. The zero-order chi connectivity index (χ0) is 18.3. The summed E-state index contributed by atoms with van der Waals surface area (Å²) < 4.78 is 36.6. The van der Waals surface area contributed by atoms with Crippen molar-refractivity contribution in [1.29, 1.82) is 0 Å². The van der Waals surface area contributed by atoms with Gasteiger partial charge in [-0.05, 0) is 36.8 Å². The number of carbonyl (C=O) groups is 1. The van der Waals surface area contributed by atoms with Gasteiger partial charge in [0, 0.05) is 13.6 Å². The first-order valence-corrected chi connectivity index (χ1v) is 9.21. The van der Waals surface area contributed by atoms with Gasteiger partial charge in [-0.15, -0.1) is 0 Å². The zero-order valence-corrected chi connectivity index (χ0v) is 15.0. The minimum atomic E-state index is -3.68. The molecule has 134 valence electrons. The molecule has 0 aliphatic heterocycles. The molecule has 0 aliphatic carbocycles. The van der Waals surface area contributed by atoms with Gasteiger partial charge < -0.3 is 9.47 Å². The van der Waals surface area contributed by atoms with Crippen molar-refractivity contribution in [3.05, 3.63) is 60.2 Å². The zero-order valence-electron chi connectivity index (χ0n) is 14.2. The smallest absolute Gasteiger partial charge is 0.337 e. The molecule has 0 N–H and O–H groups in total. The van der Waals surface area contributed by atoms with Crippen molar-refractivity contribution in [3.63, 3.8) is 0 Å². The lowest BCUT2D eigenvalue weighted by molar-refractivity contribution is 0.0600. The molecule has 0 unspecified atom stereocenters. The Morgan fingerprint density at radius 2 is 1.80 bits per heavy atom. The molecule has 0 bridgehead atoms. The molecule has 0 heterocycles. The summed E-state index contributed by atoms with van der Waals surface area (Å²) in [5, 5.41) is 0. The number of nitrogens with zero attached hydrogens (tertiary/aromatic N) is 1. The molecule has 0 saturated carbocycles. The second-order valence-corrected chi connectivity index (χ2v) is 7.41. The third-order valence-corrected chi connectivity index (χ3v) is 5.45. The number of para-hydroxylation sites is 1. The Bertz CT molecular complexity index is 805. The van der Waals surface area contributed by atoms with Crippen LogP contribution in [0.15, 0.2) is 59.5 Å². The molecule has 0 atom stereocenters. The highest BCUT2D eigenvalue weighted by Gasteiger charge is 2.21. The predicted octanol–water partition coefficient (Wildman–Crippen LogP) is 2.56. The maximum absolute atomic E-state index is 12.6. The Balaban J connectivity index is 1.95. The Morgan fingerprint density at radius 3 is 2.48 bits per heavy atom. The molecule has 0 amide bonds. The standard InChI is InChI=1S/C18H21NO5S/c1-19(12-7-13-24-16-9-4-3-5-10-16)25(21,22)17-11-6-8-15(14-17)18(20)23-2/h3-6,8-11,14H,7,12-13H2,1-2H3. The van der Waals surface area contributed by atoms with Gasteiger partial charge in [-0.1, -0.05) is 24.3 Å². The molecular formula is C18H21NO5S. The summed E-state index contributed by atoms with van der Waals surface area (Å²) in [4.78, 5) is 11.6. The molecule has 0 saturated heterocycles. The van der Waals surface area contributed by atoms with Crippen LogP contribution in [-0.4, -0.2) is 46.0 Å². The van der Waals surface area contributed by atoms with E-state index >= 15 is 0 Å². The number of ether oxygens (including phenoxy) is 2. The highest BCUT2D eigenvalue weighted by Crippen LogP contribution is 2.17. The van der Waals surface area contributed by atoms with E-state index in [2.05, 4.69) is 4.74 Å². The third-order valence-electron chi connectivity index (χ3n) is 3.59. The van der Waals surface area contributed by atoms with Crippen LogP contribution in [-0.2, 0) is 14.8 Å². The Labute approximate surface area is 148 Å². The van der Waals surface area contributed by atoms with Gasteiger partial charge in [-0.25, -0.2) is 17.5 Å². The van der Waals surface area contributed by atoms with Crippen molar-refractivity contribution in [2.45, 2.75) is 11.3 Å². The summed E-state index contributed by atoms with van der Waals surface area (Å²) in [5.41, 5.74) is 0.199. The van der Waals surface area contributed by atoms with E-state index < -0.39 is 16.0 Å². The molecule has 2 rings (SSSR count). The van der Waals surface area contributed by atoms with Crippen LogP contribution in [0.2, 0.25) is 0 Å². The fraction of sp³-hybridized carbons (Fsp3) is 0.278. The third kappa shape index (κ3) is 5.04. The highest BCUT2D eigenvalue weighted by atomic mass is 32.2. The van der Waals surface area contributed by atoms with E-state index in [1.54, 1.807) is 0 Å². The van der Waals surface area contributed by atoms with Crippen molar-refractivity contribution in [2.24, 2.45) is 0 Å². The van der Waals surface area contributed by atoms with Crippen molar-refractivity contribution < 1.29 is 22.7 Å². The normalized spacial score (nSPS) is 11.3. The lowest BCUT2D eigenvalue weighted by Crippen LogP contribution is -2.29. The molecule has 2 aromatic rings. The molecule has 25 heavy (non-hydrogen) atoms. The molecule has 7 heteroatoms. The summed E-state index contributed by atoms with van der Waals surface area (Å²) in [6, 6.07) is 15.1. The maximum Gasteiger partial charge on any atom is 0.337 e. The summed E-state index contributed by atoms with van der Waals surface area (Å²) in [7, 11) is -0.923. The molecule has 0 radical (unpaired) electrons. The molecule has 6 nitrogen and oxygen atoms in total. The van der Waals surface area contributed by atoms with Gasteiger partial charge in [-0.3, -0.25) is 0 Å². The van der Waals surface area contributed by atoms with Crippen LogP contribution in [0, 0.1) is 0 Å². The van der Waals surface area contributed by atoms with Gasteiger partial charge in [0.2, 0.25) is 10.0 Å². The van der Waals surface area contributed by atoms with E-state index in [0.717, 1.165) is 5.75 Å². The number of hydrogen-bond donors (Lipinski definition) is 0. The Morgan fingerprint density at radius 1 is 1.08 bits per heavy atom. The summed E-state index contributed by atoms with van der Waals surface area (Å²) in [6.07, 6.45) is 0.543. The number of rotatable bonds is 8. The maximum atomic E-state index is 12.6. The SMILES string of the molecule is COC(=O)c1cccc(S(=O)(=O)N(C)CCCOc2ccccc2)c1. The Hall–Kier alpha value is -2.38. The van der Waals surface area contributed by atoms with Gasteiger partial charge in [0.05, 0.1) is 24.2 Å². The molecule has 0 fully saturated rings. The molecule has 0 spiro atoms. The van der Waals surface area contributed by atoms with Gasteiger partial charge in [0.15, 0.2) is 0 Å². The van der Waals surface area contributed by atoms with Crippen LogP contribution in [0.1, 0.15) is 16.8 Å². The van der Waals surface area contributed by atoms with Crippen LogP contribution >= 0.6 is 0 Å². The van der Waals surface area contributed by atoms with Gasteiger partial charge in [0.25, 0.3) is 0 Å². The number of hydrogen-bond acceptors (Lipinski definition) is 5. The van der Waals surface area contributed by atoms with Crippen LogP contribution < -0.4 is 4.74 Å². The number of esters is 1. The van der Waals surface area contributed by atoms with Crippen molar-refractivity contribution in [2.75, 3.05) is 27.3 Å². The first-order chi connectivity index (χ1) is 11.9. The highest BCUT2D eigenvalue weighted by molar-refractivity contribution is 7.89. The molecule has 0 aliphatic rings. The van der Waals surface area contributed by atoms with Crippen LogP contribution in [0.25, 0.3) is 0 Å². The average Bonchev–Trinajstić information content (AvgIpc) is 2.65. The number of benzene rings is 2. The largest absolute Gasteiger partial charge is 0.494 e. The van der Waals surface area contributed by atoms with Crippen molar-refractivity contribution >= 4 is 16.0 Å². The summed E-state index contributed by atoms with van der Waals surface area (Å²) in [6.45, 7) is 0.712. The molecule has 2 aromatic carbocycles. The van der Waals surface area contributed by atoms with E-state index in [9.17, 15) is 13.2 Å². The fourth-order valence-electron chi connectivity index (χ4n) is 2.20. The second kappa shape index (κ2) is 8.64. The van der Waals surface area contributed by atoms with Gasteiger partial charge in [0.1, 0.15) is 5.75 Å². The lowest BCUT2D eigenvalue weighted by Gasteiger charge is -2.17. The average molecular weight is 363 g/mol. The molecular weight excluding hydrogens is 342 g/mol. The number of methoxy groups -OCH3 is 1. The minimum Gasteiger partial charge on any atom is -0.494 e. The minimum absolute atomic E-state index is 0.0573. The van der Waals surface area contributed by atoms with Crippen molar-refractivity contribution in [1.82, 2.24) is 4.31 Å². The van der Waals surface area contributed by atoms with E-state index in [4.69, 9.17) is 4.74 Å². The van der Waals surface area contributed by atoms with E-state index in [1.807, 2.05) is 30.3 Å². The van der Waals surface area contributed by atoms with Crippen LogP contribution in [0.4, 0.5) is 0 Å². The van der Waals surface area contributed by atoms with Gasteiger partial charge >= 0.3 is 5.97 Å².